The lowest BCUT2D eigenvalue weighted by atomic mass is 9.82. The summed E-state index contributed by atoms with van der Waals surface area (Å²) < 4.78 is 0. The number of amides is 1. The maximum Gasteiger partial charge on any atom is 0.255 e. The van der Waals surface area contributed by atoms with Gasteiger partial charge >= 0.3 is 0 Å². The molecule has 1 saturated heterocycles. The molecular weight excluding hydrogens is 260 g/mol. The summed E-state index contributed by atoms with van der Waals surface area (Å²) in [5.41, 5.74) is 3.35. The standard InChI is InChI=1S/C18H28N2O/c1-5-10-19-16-13-14(2)6-7-15(16)17(21)20-11-8-18(3,4)9-12-20/h6-7,13,19H,5,8-12H2,1-4H3. The van der Waals surface area contributed by atoms with Crippen molar-refractivity contribution in [3.8, 4) is 0 Å². The number of hydrogen-bond donors (Lipinski definition) is 1. The van der Waals surface area contributed by atoms with Gasteiger partial charge in [-0.2, -0.15) is 0 Å². The van der Waals surface area contributed by atoms with Gasteiger partial charge in [-0.15, -0.1) is 0 Å². The number of aryl methyl sites for hydroxylation is 1. The molecule has 0 unspecified atom stereocenters. The molecule has 1 aromatic rings. The zero-order chi connectivity index (χ0) is 15.5. The van der Waals surface area contributed by atoms with Crippen LogP contribution in [-0.4, -0.2) is 30.4 Å². The van der Waals surface area contributed by atoms with Crippen molar-refractivity contribution >= 4 is 11.6 Å². The van der Waals surface area contributed by atoms with Gasteiger partial charge in [0.2, 0.25) is 0 Å². The van der Waals surface area contributed by atoms with Crippen LogP contribution in [0.1, 0.15) is 56.0 Å². The molecule has 3 heteroatoms. The quantitative estimate of drug-likeness (QED) is 0.905. The number of likely N-dealkylation sites (tertiary alicyclic amines) is 1. The SMILES string of the molecule is CCCNc1cc(C)ccc1C(=O)N1CCC(C)(C)CC1. The van der Waals surface area contributed by atoms with Crippen molar-refractivity contribution < 1.29 is 4.79 Å². The van der Waals surface area contributed by atoms with E-state index < -0.39 is 0 Å². The van der Waals surface area contributed by atoms with Crippen molar-refractivity contribution in [3.63, 3.8) is 0 Å². The van der Waals surface area contributed by atoms with E-state index >= 15 is 0 Å². The van der Waals surface area contributed by atoms with E-state index in [2.05, 4.69) is 39.1 Å². The van der Waals surface area contributed by atoms with Crippen molar-refractivity contribution in [2.45, 2.75) is 47.0 Å². The van der Waals surface area contributed by atoms with E-state index in [1.165, 1.54) is 5.56 Å². The highest BCUT2D eigenvalue weighted by atomic mass is 16.2. The van der Waals surface area contributed by atoms with Crippen molar-refractivity contribution in [2.75, 3.05) is 25.0 Å². The van der Waals surface area contributed by atoms with Crippen LogP contribution in [0.15, 0.2) is 18.2 Å². The Balaban J connectivity index is 2.15. The third-order valence-electron chi connectivity index (χ3n) is 4.38. The third kappa shape index (κ3) is 3.99. The molecule has 1 aromatic carbocycles. The maximum atomic E-state index is 12.8. The van der Waals surface area contributed by atoms with E-state index in [9.17, 15) is 4.79 Å². The lowest BCUT2D eigenvalue weighted by Crippen LogP contribution is -2.41. The lowest BCUT2D eigenvalue weighted by Gasteiger charge is -2.37. The van der Waals surface area contributed by atoms with E-state index in [1.807, 2.05) is 17.0 Å². The first-order valence-corrected chi connectivity index (χ1v) is 8.07. The van der Waals surface area contributed by atoms with Gasteiger partial charge in [0.05, 0.1) is 5.56 Å². The van der Waals surface area contributed by atoms with Gasteiger partial charge in [0.1, 0.15) is 0 Å². The first kappa shape index (κ1) is 15.9. The molecule has 1 heterocycles. The summed E-state index contributed by atoms with van der Waals surface area (Å²) in [6.45, 7) is 11.4. The van der Waals surface area contributed by atoms with Gasteiger partial charge < -0.3 is 10.2 Å². The Morgan fingerprint density at radius 3 is 2.57 bits per heavy atom. The molecule has 1 N–H and O–H groups in total. The van der Waals surface area contributed by atoms with E-state index in [1.54, 1.807) is 0 Å². The summed E-state index contributed by atoms with van der Waals surface area (Å²) in [5, 5.41) is 3.39. The van der Waals surface area contributed by atoms with Gasteiger partial charge in [-0.25, -0.2) is 0 Å². The molecule has 116 valence electrons. The molecular formula is C18H28N2O. The van der Waals surface area contributed by atoms with Gasteiger partial charge in [-0.3, -0.25) is 4.79 Å². The molecule has 3 nitrogen and oxygen atoms in total. The first-order chi connectivity index (χ1) is 9.93. The van der Waals surface area contributed by atoms with Crippen LogP contribution in [0.4, 0.5) is 5.69 Å². The average Bonchev–Trinajstić information content (AvgIpc) is 2.44. The Morgan fingerprint density at radius 1 is 1.29 bits per heavy atom. The van der Waals surface area contributed by atoms with Crippen LogP contribution >= 0.6 is 0 Å². The van der Waals surface area contributed by atoms with E-state index in [-0.39, 0.29) is 5.91 Å². The highest BCUT2D eigenvalue weighted by Crippen LogP contribution is 2.31. The third-order valence-corrected chi connectivity index (χ3v) is 4.38. The number of carbonyl (C=O) groups is 1. The number of piperidine rings is 1. The molecule has 2 rings (SSSR count). The summed E-state index contributed by atoms with van der Waals surface area (Å²) in [6.07, 6.45) is 3.23. The highest BCUT2D eigenvalue weighted by Gasteiger charge is 2.29. The summed E-state index contributed by atoms with van der Waals surface area (Å²) in [5.74, 6) is 0.170. The van der Waals surface area contributed by atoms with Crippen LogP contribution in [0.5, 0.6) is 0 Å². The number of nitrogens with one attached hydrogen (secondary N) is 1. The normalized spacial score (nSPS) is 17.6. The minimum Gasteiger partial charge on any atom is -0.384 e. The fourth-order valence-corrected chi connectivity index (χ4v) is 2.74. The minimum atomic E-state index is 0.170. The number of carbonyl (C=O) groups excluding carboxylic acids is 1. The largest absolute Gasteiger partial charge is 0.384 e. The number of nitrogens with zero attached hydrogens (tertiary/aromatic N) is 1. The van der Waals surface area contributed by atoms with Gasteiger partial charge in [0, 0.05) is 25.3 Å². The number of hydrogen-bond acceptors (Lipinski definition) is 2. The fourth-order valence-electron chi connectivity index (χ4n) is 2.74. The summed E-state index contributed by atoms with van der Waals surface area (Å²) in [7, 11) is 0. The van der Waals surface area contributed by atoms with Gasteiger partial charge in [-0.05, 0) is 49.3 Å². The first-order valence-electron chi connectivity index (χ1n) is 8.07. The van der Waals surface area contributed by atoms with Crippen molar-refractivity contribution in [2.24, 2.45) is 5.41 Å². The lowest BCUT2D eigenvalue weighted by molar-refractivity contribution is 0.0631. The van der Waals surface area contributed by atoms with Gasteiger partial charge in [0.25, 0.3) is 5.91 Å². The zero-order valence-electron chi connectivity index (χ0n) is 13.8. The molecule has 1 aliphatic heterocycles. The molecule has 0 aliphatic carbocycles. The van der Waals surface area contributed by atoms with Crippen LogP contribution < -0.4 is 5.32 Å². The molecule has 21 heavy (non-hydrogen) atoms. The summed E-state index contributed by atoms with van der Waals surface area (Å²) >= 11 is 0. The molecule has 0 bridgehead atoms. The summed E-state index contributed by atoms with van der Waals surface area (Å²) in [6, 6.07) is 6.07. The van der Waals surface area contributed by atoms with E-state index in [0.717, 1.165) is 50.1 Å². The van der Waals surface area contributed by atoms with Crippen molar-refractivity contribution in [1.29, 1.82) is 0 Å². The smallest absolute Gasteiger partial charge is 0.255 e. The Labute approximate surface area is 128 Å². The number of rotatable bonds is 4. The van der Waals surface area contributed by atoms with Crippen molar-refractivity contribution in [3.05, 3.63) is 29.3 Å². The van der Waals surface area contributed by atoms with Crippen LogP contribution in [0.25, 0.3) is 0 Å². The van der Waals surface area contributed by atoms with Crippen LogP contribution in [0, 0.1) is 12.3 Å². The zero-order valence-corrected chi connectivity index (χ0v) is 13.8. The molecule has 0 saturated carbocycles. The monoisotopic (exact) mass is 288 g/mol. The molecule has 1 fully saturated rings. The Morgan fingerprint density at radius 2 is 1.95 bits per heavy atom. The molecule has 0 aromatic heterocycles. The topological polar surface area (TPSA) is 32.3 Å². The van der Waals surface area contributed by atoms with Crippen molar-refractivity contribution in [1.82, 2.24) is 4.90 Å². The van der Waals surface area contributed by atoms with Crippen LogP contribution in [0.3, 0.4) is 0 Å². The molecule has 1 aliphatic rings. The Hall–Kier alpha value is -1.51. The second-order valence-corrected chi connectivity index (χ2v) is 6.93. The highest BCUT2D eigenvalue weighted by molar-refractivity contribution is 5.99. The molecule has 0 spiro atoms. The predicted octanol–water partition coefficient (Wildman–Crippen LogP) is 4.08. The number of benzene rings is 1. The summed E-state index contributed by atoms with van der Waals surface area (Å²) in [4.78, 5) is 14.8. The number of anilines is 1. The van der Waals surface area contributed by atoms with E-state index in [4.69, 9.17) is 0 Å². The second kappa shape index (κ2) is 6.50. The Bertz CT molecular complexity index is 498. The second-order valence-electron chi connectivity index (χ2n) is 6.93. The van der Waals surface area contributed by atoms with Crippen LogP contribution in [-0.2, 0) is 0 Å². The maximum absolute atomic E-state index is 12.8. The molecule has 1 amide bonds. The fraction of sp³-hybridized carbons (Fsp3) is 0.611. The van der Waals surface area contributed by atoms with Crippen LogP contribution in [0.2, 0.25) is 0 Å². The average molecular weight is 288 g/mol. The van der Waals surface area contributed by atoms with Gasteiger partial charge in [-0.1, -0.05) is 26.8 Å². The molecule has 0 radical (unpaired) electrons. The Kier molecular flexibility index (Phi) is 4.92. The van der Waals surface area contributed by atoms with E-state index in [0.29, 0.717) is 5.41 Å². The minimum absolute atomic E-state index is 0.170. The van der Waals surface area contributed by atoms with Gasteiger partial charge in [0.15, 0.2) is 0 Å². The molecule has 0 atom stereocenters. The predicted molar refractivity (Wildman–Crippen MR) is 88.9 cm³/mol.